The molecule has 0 aliphatic rings. The Morgan fingerprint density at radius 3 is 0.632 bits per heavy atom. The van der Waals surface area contributed by atoms with Crippen LogP contribution in [0.1, 0.15) is 413 Å². The molecule has 2 unspecified atom stereocenters. The van der Waals surface area contributed by atoms with Gasteiger partial charge >= 0.3 is 23.9 Å². The minimum atomic E-state index is -0.817. The maximum atomic E-state index is 13.3. The standard InChI is InChI=1S/C78H146O9/c1-5-9-13-17-21-25-29-33-37-41-45-49-53-57-61-65-75(79)84-71-73(86-77(81)67-63-59-55-51-47-43-39-35-31-27-23-19-15-11-7-3)69-83-70-74(87-78(82)68-64-60-56-52-48-44-40-36-32-28-24-20-16-12-8-4)72-85-76(80)66-62-58-54-50-46-42-38-34-30-26-22-18-14-10-6-2/h33,35,37,39,73-74H,5-32,34,36,38,40-72H2,1-4H3. The van der Waals surface area contributed by atoms with Crippen LogP contribution in [0, 0.1) is 0 Å². The van der Waals surface area contributed by atoms with Crippen LogP contribution in [0.15, 0.2) is 24.3 Å². The number of esters is 4. The second kappa shape index (κ2) is 72.4. The van der Waals surface area contributed by atoms with Crippen LogP contribution in [-0.4, -0.2) is 62.5 Å². The van der Waals surface area contributed by atoms with E-state index >= 15 is 0 Å². The molecule has 0 aromatic carbocycles. The van der Waals surface area contributed by atoms with Gasteiger partial charge in [0, 0.05) is 25.7 Å². The number of hydrogen-bond acceptors (Lipinski definition) is 9. The highest BCUT2D eigenvalue weighted by molar-refractivity contribution is 5.71. The van der Waals surface area contributed by atoms with E-state index < -0.39 is 12.2 Å². The largest absolute Gasteiger partial charge is 0.462 e. The quantitative estimate of drug-likeness (QED) is 0.0254. The number of carbonyl (C=O) groups is 4. The molecule has 0 rings (SSSR count). The Bertz CT molecular complexity index is 1490. The van der Waals surface area contributed by atoms with E-state index in [1.807, 2.05) is 0 Å². The topological polar surface area (TPSA) is 114 Å². The van der Waals surface area contributed by atoms with Crippen LogP contribution in [0.3, 0.4) is 0 Å². The van der Waals surface area contributed by atoms with Crippen molar-refractivity contribution in [3.8, 4) is 0 Å². The number of ether oxygens (including phenoxy) is 5. The Morgan fingerprint density at radius 1 is 0.230 bits per heavy atom. The van der Waals surface area contributed by atoms with Gasteiger partial charge in [-0.25, -0.2) is 0 Å². The van der Waals surface area contributed by atoms with E-state index in [1.54, 1.807) is 0 Å². The lowest BCUT2D eigenvalue weighted by molar-refractivity contribution is -0.169. The molecule has 0 heterocycles. The Balaban J connectivity index is 5.25. The van der Waals surface area contributed by atoms with Gasteiger partial charge in [0.05, 0.1) is 13.2 Å². The molecule has 0 aliphatic heterocycles. The zero-order valence-corrected chi connectivity index (χ0v) is 58.4. The first-order chi connectivity index (χ1) is 42.9. The van der Waals surface area contributed by atoms with Crippen LogP contribution < -0.4 is 0 Å². The fraction of sp³-hybridized carbons (Fsp3) is 0.897. The van der Waals surface area contributed by atoms with E-state index in [0.717, 1.165) is 109 Å². The third-order valence-electron chi connectivity index (χ3n) is 17.3. The maximum Gasteiger partial charge on any atom is 0.306 e. The third kappa shape index (κ3) is 69.1. The lowest BCUT2D eigenvalue weighted by Crippen LogP contribution is -2.34. The van der Waals surface area contributed by atoms with Crippen molar-refractivity contribution < 1.29 is 42.9 Å². The van der Waals surface area contributed by atoms with Crippen molar-refractivity contribution in [2.45, 2.75) is 425 Å². The lowest BCUT2D eigenvalue weighted by Gasteiger charge is -2.21. The van der Waals surface area contributed by atoms with Crippen molar-refractivity contribution in [3.63, 3.8) is 0 Å². The van der Waals surface area contributed by atoms with E-state index in [1.165, 1.54) is 250 Å². The summed E-state index contributed by atoms with van der Waals surface area (Å²) in [6, 6.07) is 0. The van der Waals surface area contributed by atoms with E-state index in [9.17, 15) is 19.2 Å². The summed E-state index contributed by atoms with van der Waals surface area (Å²) in [6.07, 6.45) is 77.4. The molecule has 0 aromatic heterocycles. The number of carbonyl (C=O) groups excluding carboxylic acids is 4. The maximum absolute atomic E-state index is 13.3. The number of rotatable bonds is 72. The molecule has 0 fully saturated rings. The molecular formula is C78H146O9. The number of hydrogen-bond donors (Lipinski definition) is 0. The minimum absolute atomic E-state index is 0.0397. The van der Waals surface area contributed by atoms with E-state index in [-0.39, 0.29) is 56.7 Å². The summed E-state index contributed by atoms with van der Waals surface area (Å²) in [5.41, 5.74) is 0. The summed E-state index contributed by atoms with van der Waals surface area (Å²) in [5, 5.41) is 0. The molecule has 87 heavy (non-hydrogen) atoms. The van der Waals surface area contributed by atoms with Crippen molar-refractivity contribution in [2.75, 3.05) is 26.4 Å². The van der Waals surface area contributed by atoms with Crippen molar-refractivity contribution >= 4 is 23.9 Å². The number of allylic oxidation sites excluding steroid dienone is 4. The lowest BCUT2D eigenvalue weighted by atomic mass is 10.0. The van der Waals surface area contributed by atoms with Gasteiger partial charge in [-0.3, -0.25) is 19.2 Å². The Labute approximate surface area is 540 Å². The average Bonchev–Trinajstić information content (AvgIpc) is 3.61. The summed E-state index contributed by atoms with van der Waals surface area (Å²) < 4.78 is 29.4. The Kier molecular flexibility index (Phi) is 70.2. The second-order valence-corrected chi connectivity index (χ2v) is 26.2. The zero-order chi connectivity index (χ0) is 63.1. The summed E-state index contributed by atoms with van der Waals surface area (Å²) in [4.78, 5) is 52.5. The molecule has 0 saturated heterocycles. The molecule has 0 radical (unpaired) electrons. The third-order valence-corrected chi connectivity index (χ3v) is 17.3. The molecular weight excluding hydrogens is 1080 g/mol. The predicted molar refractivity (Wildman–Crippen MR) is 370 cm³/mol. The molecule has 0 amide bonds. The van der Waals surface area contributed by atoms with E-state index in [2.05, 4.69) is 52.0 Å². The van der Waals surface area contributed by atoms with Crippen LogP contribution in [0.4, 0.5) is 0 Å². The Morgan fingerprint density at radius 2 is 0.414 bits per heavy atom. The van der Waals surface area contributed by atoms with Crippen LogP contribution in [0.5, 0.6) is 0 Å². The summed E-state index contributed by atoms with van der Waals surface area (Å²) in [7, 11) is 0. The first-order valence-corrected chi connectivity index (χ1v) is 38.4. The van der Waals surface area contributed by atoms with Gasteiger partial charge in [-0.05, 0) is 77.0 Å². The smallest absolute Gasteiger partial charge is 0.306 e. The number of unbranched alkanes of at least 4 members (excludes halogenated alkanes) is 50. The van der Waals surface area contributed by atoms with Crippen molar-refractivity contribution in [1.29, 1.82) is 0 Å². The van der Waals surface area contributed by atoms with Crippen molar-refractivity contribution in [1.82, 2.24) is 0 Å². The van der Waals surface area contributed by atoms with Crippen LogP contribution in [-0.2, 0) is 42.9 Å². The predicted octanol–water partition coefficient (Wildman–Crippen LogP) is 24.5. The van der Waals surface area contributed by atoms with Gasteiger partial charge in [0.1, 0.15) is 13.2 Å². The van der Waals surface area contributed by atoms with Gasteiger partial charge < -0.3 is 23.7 Å². The van der Waals surface area contributed by atoms with Gasteiger partial charge in [0.25, 0.3) is 0 Å². The molecule has 9 nitrogen and oxygen atoms in total. The molecule has 0 bridgehead atoms. The van der Waals surface area contributed by atoms with E-state index in [4.69, 9.17) is 23.7 Å². The molecule has 0 spiro atoms. The van der Waals surface area contributed by atoms with Crippen LogP contribution >= 0.6 is 0 Å². The fourth-order valence-electron chi connectivity index (χ4n) is 11.5. The average molecular weight is 1230 g/mol. The zero-order valence-electron chi connectivity index (χ0n) is 58.4. The molecule has 0 N–H and O–H groups in total. The molecule has 0 aromatic rings. The van der Waals surface area contributed by atoms with Gasteiger partial charge in [-0.1, -0.05) is 335 Å². The van der Waals surface area contributed by atoms with Gasteiger partial charge in [-0.2, -0.15) is 0 Å². The van der Waals surface area contributed by atoms with Gasteiger partial charge in [0.2, 0.25) is 0 Å². The van der Waals surface area contributed by atoms with Crippen LogP contribution in [0.25, 0.3) is 0 Å². The molecule has 512 valence electrons. The van der Waals surface area contributed by atoms with Crippen LogP contribution in [0.2, 0.25) is 0 Å². The molecule has 0 saturated carbocycles. The molecule has 2 atom stereocenters. The van der Waals surface area contributed by atoms with Gasteiger partial charge in [0.15, 0.2) is 12.2 Å². The highest BCUT2D eigenvalue weighted by Gasteiger charge is 2.22. The van der Waals surface area contributed by atoms with E-state index in [0.29, 0.717) is 19.3 Å². The summed E-state index contributed by atoms with van der Waals surface area (Å²) in [6.45, 7) is 8.78. The first kappa shape index (κ1) is 84.3. The summed E-state index contributed by atoms with van der Waals surface area (Å²) in [5.74, 6) is -1.27. The molecule has 9 heteroatoms. The summed E-state index contributed by atoms with van der Waals surface area (Å²) >= 11 is 0. The molecule has 0 aliphatic carbocycles. The highest BCUT2D eigenvalue weighted by atomic mass is 16.6. The first-order valence-electron chi connectivity index (χ1n) is 38.4. The SMILES string of the molecule is CCCCCCCCC=CCCCCCCCC(=O)OCC(COCC(COC(=O)CCCCCCCCCCCCCCCCC)OC(=O)CCCCCCCCCCCCCCCCC)OC(=O)CCCCCCCC=CCCCCCCCC. The minimum Gasteiger partial charge on any atom is -0.462 e. The monoisotopic (exact) mass is 1230 g/mol. The van der Waals surface area contributed by atoms with Crippen molar-refractivity contribution in [3.05, 3.63) is 24.3 Å². The Hall–Kier alpha value is -2.68. The normalized spacial score (nSPS) is 12.4. The fourth-order valence-corrected chi connectivity index (χ4v) is 11.5. The highest BCUT2D eigenvalue weighted by Crippen LogP contribution is 2.19. The second-order valence-electron chi connectivity index (χ2n) is 26.2. The van der Waals surface area contributed by atoms with Crippen molar-refractivity contribution in [2.24, 2.45) is 0 Å². The van der Waals surface area contributed by atoms with Gasteiger partial charge in [-0.15, -0.1) is 0 Å².